The zero-order chi connectivity index (χ0) is 10.4. The maximum absolute atomic E-state index is 6.69. The Bertz CT molecular complexity index is 150. The van der Waals surface area contributed by atoms with Gasteiger partial charge in [0, 0.05) is 0 Å². The van der Waals surface area contributed by atoms with E-state index in [9.17, 15) is 0 Å². The molecule has 0 nitrogen and oxygen atoms in total. The summed E-state index contributed by atoms with van der Waals surface area (Å²) >= 11 is 6.69. The molecule has 1 atom stereocenters. The lowest BCUT2D eigenvalue weighted by Crippen LogP contribution is -2.26. The third-order valence-electron chi connectivity index (χ3n) is 3.49. The van der Waals surface area contributed by atoms with Crippen molar-refractivity contribution in [3.05, 3.63) is 0 Å². The minimum atomic E-state index is -1.34. The molecule has 1 fully saturated rings. The lowest BCUT2D eigenvalue weighted by molar-refractivity contribution is 0.382. The number of hydrogen-bond acceptors (Lipinski definition) is 0. The third-order valence-corrected chi connectivity index (χ3v) is 7.35. The highest BCUT2D eigenvalue weighted by atomic mass is 35.6. The summed E-state index contributed by atoms with van der Waals surface area (Å²) in [5.41, 5.74) is 0. The maximum atomic E-state index is 6.69. The largest absolute Gasteiger partial charge is 0.167 e. The lowest BCUT2D eigenvalue weighted by atomic mass is 9.91. The van der Waals surface area contributed by atoms with E-state index in [0.717, 1.165) is 5.92 Å². The van der Waals surface area contributed by atoms with Crippen LogP contribution in [0.5, 0.6) is 0 Å². The molecule has 2 heteroatoms. The molecule has 0 aliphatic heterocycles. The molecular formula is C12H25ClSi. The minimum absolute atomic E-state index is 0.981. The van der Waals surface area contributed by atoms with E-state index < -0.39 is 7.38 Å². The number of halogens is 1. The topological polar surface area (TPSA) is 0 Å². The van der Waals surface area contributed by atoms with Crippen LogP contribution in [0.1, 0.15) is 51.9 Å². The highest BCUT2D eigenvalue weighted by molar-refractivity contribution is 7.19. The monoisotopic (exact) mass is 232 g/mol. The van der Waals surface area contributed by atoms with Crippen molar-refractivity contribution in [1.29, 1.82) is 0 Å². The molecule has 84 valence electrons. The number of hydrogen-bond donors (Lipinski definition) is 0. The Morgan fingerprint density at radius 3 is 2.43 bits per heavy atom. The molecule has 0 radical (unpaired) electrons. The van der Waals surface area contributed by atoms with E-state index in [2.05, 4.69) is 13.5 Å². The van der Waals surface area contributed by atoms with Crippen LogP contribution in [0.3, 0.4) is 0 Å². The number of rotatable bonds is 5. The molecule has 1 unspecified atom stereocenters. The van der Waals surface area contributed by atoms with E-state index in [-0.39, 0.29) is 0 Å². The highest BCUT2D eigenvalue weighted by Crippen LogP contribution is 2.34. The van der Waals surface area contributed by atoms with Gasteiger partial charge >= 0.3 is 0 Å². The van der Waals surface area contributed by atoms with Crippen molar-refractivity contribution in [3.8, 4) is 0 Å². The van der Waals surface area contributed by atoms with Crippen molar-refractivity contribution in [2.45, 2.75) is 70.5 Å². The van der Waals surface area contributed by atoms with Crippen molar-refractivity contribution >= 4 is 18.5 Å². The van der Waals surface area contributed by atoms with E-state index in [1.807, 2.05) is 0 Å². The average molecular weight is 233 g/mol. The first-order valence-electron chi connectivity index (χ1n) is 6.33. The molecule has 1 saturated carbocycles. The number of unbranched alkanes of at least 4 members (excludes halogenated alkanes) is 1. The van der Waals surface area contributed by atoms with Gasteiger partial charge in [-0.15, -0.1) is 0 Å². The molecular weight excluding hydrogens is 208 g/mol. The first-order chi connectivity index (χ1) is 6.64. The Morgan fingerprint density at radius 2 is 1.86 bits per heavy atom. The van der Waals surface area contributed by atoms with Gasteiger partial charge in [0.1, 0.15) is 0 Å². The Morgan fingerprint density at radius 1 is 1.21 bits per heavy atom. The van der Waals surface area contributed by atoms with E-state index in [4.69, 9.17) is 11.1 Å². The SMILES string of the molecule is CCCC[Si](C)(Cl)CC1CCCCC1. The lowest BCUT2D eigenvalue weighted by Gasteiger charge is -2.28. The van der Waals surface area contributed by atoms with Gasteiger partial charge in [-0.2, -0.15) is 11.1 Å². The molecule has 0 spiro atoms. The van der Waals surface area contributed by atoms with Crippen molar-refractivity contribution in [3.63, 3.8) is 0 Å². The van der Waals surface area contributed by atoms with Gasteiger partial charge in [0.05, 0.1) is 0 Å². The van der Waals surface area contributed by atoms with E-state index in [1.165, 1.54) is 57.0 Å². The van der Waals surface area contributed by atoms with Crippen LogP contribution in [0, 0.1) is 5.92 Å². The normalized spacial score (nSPS) is 23.4. The predicted molar refractivity (Wildman–Crippen MR) is 68.6 cm³/mol. The molecule has 0 N–H and O–H groups in total. The molecule has 1 aliphatic rings. The van der Waals surface area contributed by atoms with Crippen LogP contribution in [0.25, 0.3) is 0 Å². The van der Waals surface area contributed by atoms with Crippen molar-refractivity contribution in [1.82, 2.24) is 0 Å². The van der Waals surface area contributed by atoms with Gasteiger partial charge in [0.25, 0.3) is 0 Å². The maximum Gasteiger partial charge on any atom is 0.153 e. The second-order valence-corrected chi connectivity index (χ2v) is 11.7. The van der Waals surface area contributed by atoms with Crippen LogP contribution >= 0.6 is 11.1 Å². The zero-order valence-electron chi connectivity index (χ0n) is 9.82. The van der Waals surface area contributed by atoms with Crippen molar-refractivity contribution in [2.24, 2.45) is 5.92 Å². The van der Waals surface area contributed by atoms with Crippen molar-refractivity contribution in [2.75, 3.05) is 0 Å². The summed E-state index contributed by atoms with van der Waals surface area (Å²) in [6.45, 7) is 4.64. The summed E-state index contributed by atoms with van der Waals surface area (Å²) in [5, 5.41) is 0. The first kappa shape index (κ1) is 12.6. The summed E-state index contributed by atoms with van der Waals surface area (Å²) in [7, 11) is -1.34. The molecule has 0 aromatic rings. The molecule has 0 heterocycles. The molecule has 0 saturated heterocycles. The second-order valence-electron chi connectivity index (χ2n) is 5.23. The molecule has 0 amide bonds. The fraction of sp³-hybridized carbons (Fsp3) is 1.00. The fourth-order valence-electron chi connectivity index (χ4n) is 2.64. The van der Waals surface area contributed by atoms with Crippen LogP contribution in [0.2, 0.25) is 18.6 Å². The quantitative estimate of drug-likeness (QED) is 0.453. The van der Waals surface area contributed by atoms with Crippen LogP contribution < -0.4 is 0 Å². The Labute approximate surface area is 95.1 Å². The Hall–Kier alpha value is 0.507. The van der Waals surface area contributed by atoms with Gasteiger partial charge in [-0.25, -0.2) is 0 Å². The Kier molecular flexibility index (Phi) is 5.54. The van der Waals surface area contributed by atoms with Crippen molar-refractivity contribution < 1.29 is 0 Å². The van der Waals surface area contributed by atoms with E-state index in [0.29, 0.717) is 0 Å². The van der Waals surface area contributed by atoms with E-state index in [1.54, 1.807) is 0 Å². The summed E-state index contributed by atoms with van der Waals surface area (Å²) in [6.07, 6.45) is 9.95. The van der Waals surface area contributed by atoms with Crippen LogP contribution in [-0.2, 0) is 0 Å². The van der Waals surface area contributed by atoms with Gasteiger partial charge in [-0.05, 0) is 18.0 Å². The summed E-state index contributed by atoms with van der Waals surface area (Å²) in [4.78, 5) is 0. The van der Waals surface area contributed by atoms with Gasteiger partial charge in [-0.3, -0.25) is 0 Å². The second kappa shape index (κ2) is 6.17. The molecule has 1 rings (SSSR count). The van der Waals surface area contributed by atoms with Crippen LogP contribution in [0.4, 0.5) is 0 Å². The van der Waals surface area contributed by atoms with Crippen LogP contribution in [0.15, 0.2) is 0 Å². The van der Waals surface area contributed by atoms with Gasteiger partial charge in [0.2, 0.25) is 0 Å². The summed E-state index contributed by atoms with van der Waals surface area (Å²) < 4.78 is 0. The van der Waals surface area contributed by atoms with Gasteiger partial charge < -0.3 is 0 Å². The summed E-state index contributed by atoms with van der Waals surface area (Å²) in [6, 6.07) is 2.72. The predicted octanol–water partition coefficient (Wildman–Crippen LogP) is 5.18. The molecule has 0 aromatic carbocycles. The smallest absolute Gasteiger partial charge is 0.153 e. The van der Waals surface area contributed by atoms with Gasteiger partial charge in [-0.1, -0.05) is 58.4 Å². The van der Waals surface area contributed by atoms with Crippen LogP contribution in [-0.4, -0.2) is 7.38 Å². The molecule has 14 heavy (non-hydrogen) atoms. The Balaban J connectivity index is 2.25. The fourth-order valence-corrected chi connectivity index (χ4v) is 6.60. The minimum Gasteiger partial charge on any atom is -0.167 e. The highest BCUT2D eigenvalue weighted by Gasteiger charge is 2.28. The molecule has 1 aliphatic carbocycles. The molecule has 0 bridgehead atoms. The summed E-state index contributed by atoms with van der Waals surface area (Å²) in [5.74, 6) is 0.981. The zero-order valence-corrected chi connectivity index (χ0v) is 11.6. The third kappa shape index (κ3) is 4.84. The molecule has 0 aromatic heterocycles. The standard InChI is InChI=1S/C12H25ClSi/c1-3-4-10-14(2,13)11-12-8-6-5-7-9-12/h12H,3-11H2,1-2H3. The average Bonchev–Trinajstić information content (AvgIpc) is 2.16. The first-order valence-corrected chi connectivity index (χ1v) is 10.3. The van der Waals surface area contributed by atoms with E-state index >= 15 is 0 Å². The van der Waals surface area contributed by atoms with Gasteiger partial charge in [0.15, 0.2) is 7.38 Å².